The van der Waals surface area contributed by atoms with Crippen LogP contribution in [0.25, 0.3) is 33.6 Å². The fourth-order valence-electron chi connectivity index (χ4n) is 7.48. The zero-order valence-corrected chi connectivity index (χ0v) is 27.6. The Kier molecular flexibility index (Phi) is 8.84. The van der Waals surface area contributed by atoms with Gasteiger partial charge in [-0.1, -0.05) is 12.8 Å². The number of methoxy groups -OCH3 is 1. The molecule has 1 aliphatic carbocycles. The number of halogens is 2. The van der Waals surface area contributed by atoms with Gasteiger partial charge in [-0.15, -0.1) is 0 Å². The number of aromatic nitrogens is 4. The first-order valence-electron chi connectivity index (χ1n) is 16.9. The number of nitrogens with two attached hydrogens (primary N) is 1. The first kappa shape index (κ1) is 32.4. The van der Waals surface area contributed by atoms with Gasteiger partial charge in [0.05, 0.1) is 36.2 Å². The molecule has 5 heterocycles. The van der Waals surface area contributed by atoms with Crippen LogP contribution in [0.15, 0.2) is 30.3 Å². The molecule has 0 unspecified atom stereocenters. The number of piperidine rings is 1. The van der Waals surface area contributed by atoms with Gasteiger partial charge in [-0.3, -0.25) is 9.59 Å². The minimum atomic E-state index is -2.57. The highest BCUT2D eigenvalue weighted by Crippen LogP contribution is 2.43. The third-order valence-corrected chi connectivity index (χ3v) is 10.2. The fraction of sp³-hybridized carbons (Fsp3) is 0.543. The Morgan fingerprint density at radius 3 is 2.73 bits per heavy atom. The number of aryl methyl sites for hydroxylation is 2. The number of fused-ring (bicyclic) bond motifs is 3. The first-order valence-corrected chi connectivity index (χ1v) is 16.9. The van der Waals surface area contributed by atoms with E-state index in [1.165, 1.54) is 0 Å². The van der Waals surface area contributed by atoms with Gasteiger partial charge in [0.1, 0.15) is 23.5 Å². The average molecular weight is 664 g/mol. The van der Waals surface area contributed by atoms with Crippen molar-refractivity contribution in [3.05, 3.63) is 41.6 Å². The van der Waals surface area contributed by atoms with Crippen LogP contribution in [-0.2, 0) is 23.1 Å². The van der Waals surface area contributed by atoms with E-state index in [1.807, 2.05) is 24.6 Å². The number of rotatable bonds is 6. The number of ether oxygens (including phenoxy) is 2. The minimum absolute atomic E-state index is 0.125. The summed E-state index contributed by atoms with van der Waals surface area (Å²) in [7, 11) is 3.51. The number of nitrogens with zero attached hydrogens (tertiary/aromatic N) is 5. The largest absolute Gasteiger partial charge is 0.494 e. The predicted molar refractivity (Wildman–Crippen MR) is 177 cm³/mol. The molecule has 2 bridgehead atoms. The van der Waals surface area contributed by atoms with Crippen molar-refractivity contribution in [1.29, 1.82) is 0 Å². The van der Waals surface area contributed by atoms with Gasteiger partial charge in [-0.25, -0.2) is 18.7 Å². The van der Waals surface area contributed by atoms with Crippen LogP contribution in [0.5, 0.6) is 5.75 Å². The maximum atomic E-state index is 13.7. The highest BCUT2D eigenvalue weighted by molar-refractivity contribution is 6.00. The van der Waals surface area contributed by atoms with Gasteiger partial charge >= 0.3 is 0 Å². The summed E-state index contributed by atoms with van der Waals surface area (Å²) in [6.45, 7) is 2.62. The zero-order valence-electron chi connectivity index (χ0n) is 27.6. The van der Waals surface area contributed by atoms with Crippen LogP contribution < -0.4 is 15.8 Å². The second kappa shape index (κ2) is 13.1. The lowest BCUT2D eigenvalue weighted by Crippen LogP contribution is -2.54. The number of amides is 2. The molecule has 2 fully saturated rings. The number of hydrogen-bond acceptors (Lipinski definition) is 7. The maximum absolute atomic E-state index is 13.7. The summed E-state index contributed by atoms with van der Waals surface area (Å²) in [6.07, 6.45) is 2.44. The molecule has 4 aromatic rings. The topological polar surface area (TPSA) is 130 Å². The average Bonchev–Trinajstić information content (AvgIpc) is 3.66. The van der Waals surface area contributed by atoms with Crippen LogP contribution >= 0.6 is 0 Å². The van der Waals surface area contributed by atoms with E-state index >= 15 is 0 Å². The summed E-state index contributed by atoms with van der Waals surface area (Å²) in [5.74, 6) is 1.73. The standard InChI is InChI=1S/C35H43F2N7O4/c1-19-25-9-8-21-15-27(44(32(21)40-25)11-6-4-5-7-20-13-23(20)34(45)39-19)33-41-26-14-22(16-29(47-3)31(26)42(33)2)35(46)43-12-10-28(24(38)17-43)48-18-30(36)37/h8-9,14-16,19-20,23-24,28,30H,4-7,10-13,17-18,38H2,1-3H3,(H,39,45)/t19-,20-,23-,24+,28-/m1/s1. The molecule has 11 nitrogen and oxygen atoms in total. The molecule has 256 valence electrons. The van der Waals surface area contributed by atoms with Crippen molar-refractivity contribution in [2.45, 2.75) is 76.6 Å². The number of imidazole rings is 1. The third kappa shape index (κ3) is 6.13. The van der Waals surface area contributed by atoms with E-state index < -0.39 is 25.2 Å². The van der Waals surface area contributed by atoms with Crippen molar-refractivity contribution >= 4 is 33.9 Å². The number of carbonyl (C=O) groups excluding carboxylic acids is 2. The number of pyridine rings is 1. The summed E-state index contributed by atoms with van der Waals surface area (Å²) in [6, 6.07) is 8.84. The van der Waals surface area contributed by atoms with Crippen LogP contribution in [0.4, 0.5) is 8.78 Å². The number of benzene rings is 1. The van der Waals surface area contributed by atoms with E-state index in [9.17, 15) is 18.4 Å². The summed E-state index contributed by atoms with van der Waals surface area (Å²) in [5, 5.41) is 4.16. The van der Waals surface area contributed by atoms with Crippen molar-refractivity contribution < 1.29 is 27.8 Å². The lowest BCUT2D eigenvalue weighted by Gasteiger charge is -2.36. The third-order valence-electron chi connectivity index (χ3n) is 10.2. The Morgan fingerprint density at radius 2 is 1.96 bits per heavy atom. The molecule has 7 rings (SSSR count). The van der Waals surface area contributed by atoms with Gasteiger partial charge in [0.25, 0.3) is 12.3 Å². The van der Waals surface area contributed by atoms with Crippen molar-refractivity contribution in [2.75, 3.05) is 26.8 Å². The molecule has 3 N–H and O–H groups in total. The molecule has 3 aliphatic rings. The monoisotopic (exact) mass is 663 g/mol. The van der Waals surface area contributed by atoms with E-state index in [0.717, 1.165) is 72.4 Å². The number of hydrogen-bond donors (Lipinski definition) is 2. The highest BCUT2D eigenvalue weighted by atomic mass is 19.3. The fourth-order valence-corrected chi connectivity index (χ4v) is 7.48. The summed E-state index contributed by atoms with van der Waals surface area (Å²) < 4.78 is 40.6. The molecule has 0 radical (unpaired) electrons. The summed E-state index contributed by atoms with van der Waals surface area (Å²) in [4.78, 5) is 38.3. The normalized spacial score (nSPS) is 24.9. The molecular formula is C35H43F2N7O4. The van der Waals surface area contributed by atoms with Crippen molar-refractivity contribution in [2.24, 2.45) is 24.6 Å². The molecule has 1 saturated heterocycles. The molecule has 48 heavy (non-hydrogen) atoms. The van der Waals surface area contributed by atoms with Gasteiger partial charge < -0.3 is 34.6 Å². The van der Waals surface area contributed by atoms with E-state index in [2.05, 4.69) is 22.0 Å². The van der Waals surface area contributed by atoms with Crippen LogP contribution in [-0.4, -0.2) is 81.2 Å². The Bertz CT molecular complexity index is 1860. The Balaban J connectivity index is 1.22. The lowest BCUT2D eigenvalue weighted by molar-refractivity contribution is -0.123. The number of carbonyl (C=O) groups is 2. The number of nitrogens with one attached hydrogen (secondary N) is 1. The van der Waals surface area contributed by atoms with Gasteiger partial charge in [-0.2, -0.15) is 0 Å². The van der Waals surface area contributed by atoms with E-state index in [-0.39, 0.29) is 30.3 Å². The molecule has 2 amide bonds. The number of likely N-dealkylation sites (tertiary alicyclic amines) is 1. The predicted octanol–water partition coefficient (Wildman–Crippen LogP) is 4.81. The minimum Gasteiger partial charge on any atom is -0.494 e. The Hall–Kier alpha value is -4.10. The van der Waals surface area contributed by atoms with E-state index in [1.54, 1.807) is 24.1 Å². The first-order chi connectivity index (χ1) is 23.1. The van der Waals surface area contributed by atoms with Gasteiger partial charge in [0.15, 0.2) is 5.82 Å². The van der Waals surface area contributed by atoms with E-state index in [0.29, 0.717) is 35.7 Å². The zero-order chi connectivity index (χ0) is 33.7. The second-order valence-corrected chi connectivity index (χ2v) is 13.5. The molecule has 1 saturated carbocycles. The second-order valence-electron chi connectivity index (χ2n) is 13.5. The smallest absolute Gasteiger partial charge is 0.261 e. The molecular weight excluding hydrogens is 620 g/mol. The van der Waals surface area contributed by atoms with Gasteiger partial charge in [-0.05, 0) is 68.9 Å². The van der Waals surface area contributed by atoms with Gasteiger partial charge in [0.2, 0.25) is 5.91 Å². The SMILES string of the molecule is COc1cc(C(=O)N2CC[C@@H](OCC(F)F)[C@@H](N)C2)cc2nc(-c3cc4ccc5nc4n3CCCCC[C@@H]3C[C@H]3C(=O)N[C@@H]5C)n(C)c12. The van der Waals surface area contributed by atoms with Crippen molar-refractivity contribution in [3.8, 4) is 17.3 Å². The van der Waals surface area contributed by atoms with E-state index in [4.69, 9.17) is 25.2 Å². The van der Waals surface area contributed by atoms with Crippen LogP contribution in [0.2, 0.25) is 0 Å². The van der Waals surface area contributed by atoms with Crippen molar-refractivity contribution in [1.82, 2.24) is 29.3 Å². The Morgan fingerprint density at radius 1 is 1.12 bits per heavy atom. The molecule has 3 aromatic heterocycles. The number of alkyl halides is 2. The quantitative estimate of drug-likeness (QED) is 0.303. The van der Waals surface area contributed by atoms with Crippen LogP contribution in [0.3, 0.4) is 0 Å². The van der Waals surface area contributed by atoms with Crippen LogP contribution in [0.1, 0.15) is 67.5 Å². The highest BCUT2D eigenvalue weighted by Gasteiger charge is 2.42. The Labute approximate surface area is 277 Å². The maximum Gasteiger partial charge on any atom is 0.261 e. The molecule has 0 spiro atoms. The van der Waals surface area contributed by atoms with Gasteiger partial charge in [0, 0.05) is 49.6 Å². The molecule has 5 atom stereocenters. The summed E-state index contributed by atoms with van der Waals surface area (Å²) in [5.41, 5.74) is 10.6. The molecule has 1 aromatic carbocycles. The van der Waals surface area contributed by atoms with Crippen LogP contribution in [0, 0.1) is 11.8 Å². The molecule has 13 heteroatoms. The molecule has 2 aliphatic heterocycles. The summed E-state index contributed by atoms with van der Waals surface area (Å²) >= 11 is 0. The van der Waals surface area contributed by atoms with Crippen molar-refractivity contribution in [3.63, 3.8) is 0 Å². The lowest BCUT2D eigenvalue weighted by atomic mass is 10.0.